The van der Waals surface area contributed by atoms with Gasteiger partial charge >= 0.3 is 0 Å². The van der Waals surface area contributed by atoms with Crippen molar-refractivity contribution < 1.29 is 4.79 Å². The second kappa shape index (κ2) is 7.44. The average Bonchev–Trinajstić information content (AvgIpc) is 2.54. The highest BCUT2D eigenvalue weighted by atomic mass is 35.5. The molecule has 1 aliphatic heterocycles. The van der Waals surface area contributed by atoms with Gasteiger partial charge in [-0.25, -0.2) is 0 Å². The van der Waals surface area contributed by atoms with Crippen molar-refractivity contribution in [3.05, 3.63) is 59.9 Å². The van der Waals surface area contributed by atoms with E-state index in [2.05, 4.69) is 34.2 Å². The number of hydrogen-bond acceptors (Lipinski definition) is 4. The molecule has 2 heterocycles. The Morgan fingerprint density at radius 2 is 1.87 bits per heavy atom. The Morgan fingerprint density at radius 1 is 1.17 bits per heavy atom. The Kier molecular flexibility index (Phi) is 5.58. The van der Waals surface area contributed by atoms with E-state index in [4.69, 9.17) is 0 Å². The van der Waals surface area contributed by atoms with E-state index in [0.29, 0.717) is 0 Å². The molecule has 1 aromatic heterocycles. The summed E-state index contributed by atoms with van der Waals surface area (Å²) in [5.41, 5.74) is 2.75. The van der Waals surface area contributed by atoms with E-state index in [1.807, 2.05) is 36.4 Å². The number of nitrogens with zero attached hydrogens (tertiary/aromatic N) is 3. The van der Waals surface area contributed by atoms with Crippen molar-refractivity contribution in [1.82, 2.24) is 15.2 Å². The zero-order chi connectivity index (χ0) is 15.5. The van der Waals surface area contributed by atoms with Crippen molar-refractivity contribution in [2.45, 2.75) is 6.17 Å². The molecule has 0 fully saturated rings. The van der Waals surface area contributed by atoms with E-state index in [9.17, 15) is 4.79 Å². The zero-order valence-corrected chi connectivity index (χ0v) is 14.1. The summed E-state index contributed by atoms with van der Waals surface area (Å²) < 4.78 is 0. The standard InChI is InChI=1S/C17H20N4O.ClH/c1-20(2)11-12-21-15-6-4-3-5-14(15)17(22)19-16(21)13-7-9-18-10-8-13;/h3-10,16H,11-12H2,1-2H3,(H,19,22);1H. The van der Waals surface area contributed by atoms with Gasteiger partial charge in [-0.3, -0.25) is 9.78 Å². The third kappa shape index (κ3) is 3.63. The number of pyridine rings is 1. The van der Waals surface area contributed by atoms with Crippen molar-refractivity contribution >= 4 is 24.0 Å². The Bertz CT molecular complexity index is 663. The summed E-state index contributed by atoms with van der Waals surface area (Å²) in [6, 6.07) is 11.6. The number of para-hydroxylation sites is 1. The van der Waals surface area contributed by atoms with Gasteiger partial charge in [-0.2, -0.15) is 0 Å². The van der Waals surface area contributed by atoms with Crippen LogP contribution in [-0.4, -0.2) is 43.0 Å². The van der Waals surface area contributed by atoms with Crippen LogP contribution in [0.1, 0.15) is 22.1 Å². The lowest BCUT2D eigenvalue weighted by molar-refractivity contribution is 0.0926. The second-order valence-electron chi connectivity index (χ2n) is 5.67. The molecule has 1 unspecified atom stereocenters. The van der Waals surface area contributed by atoms with Crippen LogP contribution in [0.5, 0.6) is 0 Å². The van der Waals surface area contributed by atoms with Crippen LogP contribution in [0, 0.1) is 0 Å². The summed E-state index contributed by atoms with van der Waals surface area (Å²) in [6.07, 6.45) is 3.35. The topological polar surface area (TPSA) is 48.5 Å². The average molecular weight is 333 g/mol. The lowest BCUT2D eigenvalue weighted by Crippen LogP contribution is -2.48. The van der Waals surface area contributed by atoms with Gasteiger partial charge in [0.15, 0.2) is 0 Å². The summed E-state index contributed by atoms with van der Waals surface area (Å²) in [4.78, 5) is 20.8. The number of rotatable bonds is 4. The first kappa shape index (κ1) is 17.2. The van der Waals surface area contributed by atoms with Crippen molar-refractivity contribution in [2.24, 2.45) is 0 Å². The highest BCUT2D eigenvalue weighted by Gasteiger charge is 2.31. The van der Waals surface area contributed by atoms with E-state index in [1.54, 1.807) is 12.4 Å². The smallest absolute Gasteiger partial charge is 0.255 e. The molecule has 0 spiro atoms. The van der Waals surface area contributed by atoms with Crippen molar-refractivity contribution in [2.75, 3.05) is 32.1 Å². The van der Waals surface area contributed by atoms with Gasteiger partial charge in [0.25, 0.3) is 5.91 Å². The minimum absolute atomic E-state index is 0. The van der Waals surface area contributed by atoms with Crippen LogP contribution in [0.15, 0.2) is 48.8 Å². The molecule has 0 radical (unpaired) electrons. The van der Waals surface area contributed by atoms with Crippen LogP contribution >= 0.6 is 12.4 Å². The summed E-state index contributed by atoms with van der Waals surface area (Å²) in [5.74, 6) is -0.0292. The molecule has 23 heavy (non-hydrogen) atoms. The monoisotopic (exact) mass is 332 g/mol. The molecule has 0 aliphatic carbocycles. The molecule has 1 amide bonds. The van der Waals surface area contributed by atoms with Crippen molar-refractivity contribution in [1.29, 1.82) is 0 Å². The molecule has 6 heteroatoms. The minimum Gasteiger partial charge on any atom is -0.345 e. The number of amides is 1. The molecule has 5 nitrogen and oxygen atoms in total. The number of likely N-dealkylation sites (N-methyl/N-ethyl adjacent to an activating group) is 1. The highest BCUT2D eigenvalue weighted by molar-refractivity contribution is 6.02. The molecule has 0 bridgehead atoms. The number of anilines is 1. The Morgan fingerprint density at radius 3 is 2.57 bits per heavy atom. The van der Waals surface area contributed by atoms with Gasteiger partial charge in [-0.05, 0) is 43.9 Å². The first-order valence-electron chi connectivity index (χ1n) is 7.38. The predicted molar refractivity (Wildman–Crippen MR) is 94.0 cm³/mol. The van der Waals surface area contributed by atoms with E-state index in [1.165, 1.54) is 0 Å². The Labute approximate surface area is 142 Å². The van der Waals surface area contributed by atoms with Gasteiger partial charge in [0.05, 0.1) is 11.3 Å². The second-order valence-corrected chi connectivity index (χ2v) is 5.67. The first-order valence-corrected chi connectivity index (χ1v) is 7.38. The van der Waals surface area contributed by atoms with Gasteiger partial charge in [0.2, 0.25) is 0 Å². The van der Waals surface area contributed by atoms with Crippen LogP contribution in [0.3, 0.4) is 0 Å². The highest BCUT2D eigenvalue weighted by Crippen LogP contribution is 2.32. The Hall–Kier alpha value is -2.11. The van der Waals surface area contributed by atoms with E-state index in [0.717, 1.165) is 29.9 Å². The van der Waals surface area contributed by atoms with E-state index < -0.39 is 0 Å². The first-order chi connectivity index (χ1) is 10.7. The molecule has 3 rings (SSSR count). The number of hydrogen-bond donors (Lipinski definition) is 1. The molecule has 1 aromatic carbocycles. The largest absolute Gasteiger partial charge is 0.345 e. The van der Waals surface area contributed by atoms with Crippen LogP contribution < -0.4 is 10.2 Å². The van der Waals surface area contributed by atoms with Gasteiger partial charge in [0.1, 0.15) is 6.17 Å². The number of carbonyl (C=O) groups is 1. The van der Waals surface area contributed by atoms with E-state index >= 15 is 0 Å². The van der Waals surface area contributed by atoms with Gasteiger partial charge in [0, 0.05) is 25.5 Å². The third-order valence-corrected chi connectivity index (χ3v) is 3.85. The number of fused-ring (bicyclic) bond motifs is 1. The maximum Gasteiger partial charge on any atom is 0.255 e. The summed E-state index contributed by atoms with van der Waals surface area (Å²) in [7, 11) is 4.10. The molecule has 0 saturated heterocycles. The van der Waals surface area contributed by atoms with E-state index in [-0.39, 0.29) is 24.5 Å². The van der Waals surface area contributed by atoms with Crippen molar-refractivity contribution in [3.8, 4) is 0 Å². The van der Waals surface area contributed by atoms with Crippen LogP contribution in [-0.2, 0) is 0 Å². The number of aromatic nitrogens is 1. The molecule has 1 N–H and O–H groups in total. The maximum absolute atomic E-state index is 12.4. The number of nitrogens with one attached hydrogen (secondary N) is 1. The van der Waals surface area contributed by atoms with Crippen molar-refractivity contribution in [3.63, 3.8) is 0 Å². The SMILES string of the molecule is CN(C)CCN1c2ccccc2C(=O)NC1c1ccncc1.Cl. The van der Waals surface area contributed by atoms with Crippen LogP contribution in [0.25, 0.3) is 0 Å². The quantitative estimate of drug-likeness (QED) is 0.933. The molecule has 1 atom stereocenters. The lowest BCUT2D eigenvalue weighted by Gasteiger charge is -2.39. The lowest BCUT2D eigenvalue weighted by atomic mass is 10.0. The third-order valence-electron chi connectivity index (χ3n) is 3.85. The molecular weight excluding hydrogens is 312 g/mol. The number of benzene rings is 1. The molecule has 0 saturated carbocycles. The molecule has 1 aliphatic rings. The molecular formula is C17H21ClN4O. The number of halogens is 1. The fourth-order valence-corrected chi connectivity index (χ4v) is 2.70. The van der Waals surface area contributed by atoms with Crippen LogP contribution in [0.2, 0.25) is 0 Å². The van der Waals surface area contributed by atoms with Gasteiger partial charge in [-0.1, -0.05) is 12.1 Å². The summed E-state index contributed by atoms with van der Waals surface area (Å²) in [6.45, 7) is 1.74. The minimum atomic E-state index is -0.162. The zero-order valence-electron chi connectivity index (χ0n) is 13.3. The fourth-order valence-electron chi connectivity index (χ4n) is 2.70. The maximum atomic E-state index is 12.4. The molecule has 122 valence electrons. The van der Waals surface area contributed by atoms with Gasteiger partial charge in [-0.15, -0.1) is 12.4 Å². The predicted octanol–water partition coefficient (Wildman–Crippen LogP) is 2.31. The van der Waals surface area contributed by atoms with Gasteiger partial charge < -0.3 is 15.1 Å². The fraction of sp³-hybridized carbons (Fsp3) is 0.294. The molecule has 2 aromatic rings. The normalized spacial score (nSPS) is 16.6. The summed E-state index contributed by atoms with van der Waals surface area (Å²) in [5, 5.41) is 3.10. The Balaban J connectivity index is 0.00000192. The summed E-state index contributed by atoms with van der Waals surface area (Å²) >= 11 is 0. The number of carbonyl (C=O) groups excluding carboxylic acids is 1. The van der Waals surface area contributed by atoms with Crippen LogP contribution in [0.4, 0.5) is 5.69 Å².